The number of ether oxygens (including phenoxy) is 4. The monoisotopic (exact) mass is 434 g/mol. The number of carbonyl (C=O) groups is 1. The number of benzene rings is 3. The maximum absolute atomic E-state index is 12.7. The van der Waals surface area contributed by atoms with Crippen LogP contribution >= 0.6 is 11.6 Å². The van der Waals surface area contributed by atoms with Gasteiger partial charge in [0, 0.05) is 22.2 Å². The molecule has 2 aliphatic rings. The van der Waals surface area contributed by atoms with E-state index in [-0.39, 0.29) is 19.2 Å². The highest BCUT2D eigenvalue weighted by Gasteiger charge is 2.28. The Bertz CT molecular complexity index is 1200. The fourth-order valence-corrected chi connectivity index (χ4v) is 3.86. The Morgan fingerprint density at radius 3 is 2.77 bits per heavy atom. The summed E-state index contributed by atoms with van der Waals surface area (Å²) >= 11 is 6.22. The quantitative estimate of drug-likeness (QED) is 0.492. The van der Waals surface area contributed by atoms with Crippen molar-refractivity contribution >= 4 is 23.5 Å². The number of carbonyl (C=O) groups excluding carboxylic acids is 1. The molecule has 0 aromatic heterocycles. The van der Waals surface area contributed by atoms with Crippen molar-refractivity contribution in [2.24, 2.45) is 0 Å². The minimum atomic E-state index is -0.139. The Morgan fingerprint density at radius 2 is 1.94 bits per heavy atom. The first-order chi connectivity index (χ1) is 15.1. The molecule has 3 aromatic rings. The Hall–Kier alpha value is -3.28. The van der Waals surface area contributed by atoms with Gasteiger partial charge in [-0.25, -0.2) is 0 Å². The van der Waals surface area contributed by atoms with E-state index in [0.29, 0.717) is 34.5 Å². The number of hydrogen-bond donors (Lipinski definition) is 0. The first-order valence-corrected chi connectivity index (χ1v) is 10.2. The molecule has 31 heavy (non-hydrogen) atoms. The van der Waals surface area contributed by atoms with Gasteiger partial charge in [-0.05, 0) is 42.8 Å². The molecule has 2 heterocycles. The van der Waals surface area contributed by atoms with Gasteiger partial charge in [-0.2, -0.15) is 0 Å². The van der Waals surface area contributed by atoms with Gasteiger partial charge in [-0.15, -0.1) is 0 Å². The molecule has 0 atom stereocenters. The molecule has 0 aliphatic carbocycles. The molecule has 0 N–H and O–H groups in total. The summed E-state index contributed by atoms with van der Waals surface area (Å²) in [6.45, 7) is 2.94. The lowest BCUT2D eigenvalue weighted by Crippen LogP contribution is -2.14. The van der Waals surface area contributed by atoms with Crippen LogP contribution in [0, 0.1) is 6.92 Å². The summed E-state index contributed by atoms with van der Waals surface area (Å²) in [7, 11) is 0. The van der Waals surface area contributed by atoms with E-state index >= 15 is 0 Å². The van der Waals surface area contributed by atoms with E-state index in [0.717, 1.165) is 28.0 Å². The lowest BCUT2D eigenvalue weighted by atomic mass is 10.1. The van der Waals surface area contributed by atoms with E-state index in [9.17, 15) is 4.79 Å². The molecular formula is C25H19ClO5. The molecule has 2 aliphatic heterocycles. The Labute approximate surface area is 184 Å². The fourth-order valence-electron chi connectivity index (χ4n) is 3.60. The molecular weight excluding hydrogens is 416 g/mol. The molecule has 0 spiro atoms. The fraction of sp³-hybridized carbons (Fsp3) is 0.160. The average Bonchev–Trinajstić information content (AvgIpc) is 3.08. The van der Waals surface area contributed by atoms with E-state index < -0.39 is 0 Å². The van der Waals surface area contributed by atoms with E-state index in [1.165, 1.54) is 0 Å². The molecule has 0 saturated heterocycles. The summed E-state index contributed by atoms with van der Waals surface area (Å²) in [4.78, 5) is 12.7. The molecule has 0 bridgehead atoms. The third kappa shape index (κ3) is 4.02. The molecule has 0 amide bonds. The molecule has 0 fully saturated rings. The molecule has 0 saturated carbocycles. The van der Waals surface area contributed by atoms with Crippen molar-refractivity contribution in [3.05, 3.63) is 93.2 Å². The summed E-state index contributed by atoms with van der Waals surface area (Å²) in [6.07, 6.45) is 1.75. The number of fused-ring (bicyclic) bond motifs is 2. The number of aryl methyl sites for hydroxylation is 1. The highest BCUT2D eigenvalue weighted by Crippen LogP contribution is 2.36. The second-order valence-corrected chi connectivity index (χ2v) is 7.90. The number of allylic oxidation sites excluding steroid dienone is 1. The third-order valence-corrected chi connectivity index (χ3v) is 5.38. The van der Waals surface area contributed by atoms with Crippen molar-refractivity contribution in [2.75, 3.05) is 6.79 Å². The standard InChI is InChI=1S/C25H19ClO5/c1-15-2-4-16(5-3-15)8-23-24(27)21-7-6-20(11-22(21)31-23)29-13-18-10-19(26)9-17-12-28-14-30-25(17)18/h2-11H,12-14H2,1H3/b23-8-. The van der Waals surface area contributed by atoms with Crippen molar-refractivity contribution < 1.29 is 23.7 Å². The highest BCUT2D eigenvalue weighted by atomic mass is 35.5. The molecule has 5 rings (SSSR count). The summed E-state index contributed by atoms with van der Waals surface area (Å²) in [5, 5.41) is 0.597. The van der Waals surface area contributed by atoms with Gasteiger partial charge >= 0.3 is 0 Å². The second kappa shape index (κ2) is 8.10. The normalized spacial score (nSPS) is 15.8. The van der Waals surface area contributed by atoms with Crippen LogP contribution in [0.15, 0.2) is 60.4 Å². The molecule has 5 nitrogen and oxygen atoms in total. The summed E-state index contributed by atoms with van der Waals surface area (Å²) < 4.78 is 22.7. The zero-order chi connectivity index (χ0) is 21.4. The molecule has 3 aromatic carbocycles. The number of halogens is 1. The van der Waals surface area contributed by atoms with E-state index in [1.807, 2.05) is 43.3 Å². The third-order valence-electron chi connectivity index (χ3n) is 5.16. The van der Waals surface area contributed by atoms with Gasteiger partial charge in [0.05, 0.1) is 12.2 Å². The zero-order valence-corrected chi connectivity index (χ0v) is 17.6. The largest absolute Gasteiger partial charge is 0.489 e. The van der Waals surface area contributed by atoms with Crippen LogP contribution in [0.4, 0.5) is 0 Å². The van der Waals surface area contributed by atoms with Crippen LogP contribution in [0.3, 0.4) is 0 Å². The Kier molecular flexibility index (Phi) is 5.14. The van der Waals surface area contributed by atoms with Crippen LogP contribution in [0.5, 0.6) is 17.2 Å². The maximum Gasteiger partial charge on any atom is 0.231 e. The maximum atomic E-state index is 12.7. The molecule has 6 heteroatoms. The Morgan fingerprint density at radius 1 is 1.10 bits per heavy atom. The van der Waals surface area contributed by atoms with Crippen molar-refractivity contribution in [1.29, 1.82) is 0 Å². The molecule has 0 unspecified atom stereocenters. The van der Waals surface area contributed by atoms with Crippen LogP contribution in [-0.2, 0) is 18.0 Å². The van der Waals surface area contributed by atoms with Crippen LogP contribution in [-0.4, -0.2) is 12.6 Å². The number of ketones is 1. The van der Waals surface area contributed by atoms with Gasteiger partial charge < -0.3 is 18.9 Å². The number of hydrogen-bond acceptors (Lipinski definition) is 5. The Balaban J connectivity index is 1.34. The van der Waals surface area contributed by atoms with Crippen LogP contribution in [0.25, 0.3) is 6.08 Å². The molecule has 156 valence electrons. The van der Waals surface area contributed by atoms with Gasteiger partial charge in [0.1, 0.15) is 23.9 Å². The van der Waals surface area contributed by atoms with Crippen molar-refractivity contribution in [3.63, 3.8) is 0 Å². The number of Topliss-reactive ketones (excluding diaryl/α,β-unsaturated/α-hetero) is 1. The first kappa shape index (κ1) is 19.7. The SMILES string of the molecule is Cc1ccc(/C=C2\Oc3cc(OCc4cc(Cl)cc5c4OCOC5)ccc3C2=O)cc1. The van der Waals surface area contributed by atoms with Crippen LogP contribution in [0.2, 0.25) is 5.02 Å². The summed E-state index contributed by atoms with van der Waals surface area (Å²) in [5.74, 6) is 1.97. The second-order valence-electron chi connectivity index (χ2n) is 7.46. The minimum absolute atomic E-state index is 0.139. The predicted molar refractivity (Wildman–Crippen MR) is 117 cm³/mol. The smallest absolute Gasteiger partial charge is 0.231 e. The van der Waals surface area contributed by atoms with Gasteiger partial charge in [0.2, 0.25) is 5.78 Å². The summed E-state index contributed by atoms with van der Waals surface area (Å²) in [5.41, 5.74) is 4.32. The van der Waals surface area contributed by atoms with Crippen molar-refractivity contribution in [2.45, 2.75) is 20.1 Å². The van der Waals surface area contributed by atoms with Gasteiger partial charge in [-0.1, -0.05) is 41.4 Å². The predicted octanol–water partition coefficient (Wildman–Crippen LogP) is 5.71. The van der Waals surface area contributed by atoms with Crippen molar-refractivity contribution in [3.8, 4) is 17.2 Å². The summed E-state index contributed by atoms with van der Waals surface area (Å²) in [6, 6.07) is 16.8. The van der Waals surface area contributed by atoms with E-state index in [4.69, 9.17) is 30.5 Å². The van der Waals surface area contributed by atoms with Crippen LogP contribution in [0.1, 0.15) is 32.6 Å². The van der Waals surface area contributed by atoms with Crippen LogP contribution < -0.4 is 14.2 Å². The van der Waals surface area contributed by atoms with Gasteiger partial charge in [-0.3, -0.25) is 4.79 Å². The average molecular weight is 435 g/mol. The highest BCUT2D eigenvalue weighted by molar-refractivity contribution is 6.30. The van der Waals surface area contributed by atoms with E-state index in [2.05, 4.69) is 0 Å². The first-order valence-electron chi connectivity index (χ1n) is 9.86. The van der Waals surface area contributed by atoms with Gasteiger partial charge in [0.25, 0.3) is 0 Å². The lowest BCUT2D eigenvalue weighted by Gasteiger charge is -2.21. The topological polar surface area (TPSA) is 54.0 Å². The molecule has 0 radical (unpaired) electrons. The number of rotatable bonds is 4. The van der Waals surface area contributed by atoms with E-state index in [1.54, 1.807) is 24.3 Å². The van der Waals surface area contributed by atoms with Gasteiger partial charge in [0.15, 0.2) is 12.6 Å². The lowest BCUT2D eigenvalue weighted by molar-refractivity contribution is -0.0175. The minimum Gasteiger partial charge on any atom is -0.489 e. The van der Waals surface area contributed by atoms with Crippen molar-refractivity contribution in [1.82, 2.24) is 0 Å². The zero-order valence-electron chi connectivity index (χ0n) is 16.8.